The summed E-state index contributed by atoms with van der Waals surface area (Å²) in [4.78, 5) is 10.2. The molecule has 0 atom stereocenters. The standard InChI is InChI=1S/C7H12O2/c1-4-6(2)5-9-7(3)8/h4H,5H2,1-3H3/b6-4-. The van der Waals surface area contributed by atoms with Crippen LogP contribution in [-0.4, -0.2) is 12.6 Å². The van der Waals surface area contributed by atoms with Crippen molar-refractivity contribution in [2.75, 3.05) is 6.61 Å². The first-order chi connectivity index (χ1) is 4.16. The average molecular weight is 128 g/mol. The van der Waals surface area contributed by atoms with E-state index in [-0.39, 0.29) is 5.97 Å². The largest absolute Gasteiger partial charge is 0.461 e. The number of carbonyl (C=O) groups is 1. The molecule has 0 aromatic heterocycles. The molecule has 0 fully saturated rings. The molecular weight excluding hydrogens is 116 g/mol. The minimum Gasteiger partial charge on any atom is -0.461 e. The second-order valence-corrected chi connectivity index (χ2v) is 1.92. The third-order valence-corrected chi connectivity index (χ3v) is 0.996. The topological polar surface area (TPSA) is 26.3 Å². The second kappa shape index (κ2) is 4.13. The van der Waals surface area contributed by atoms with Crippen LogP contribution in [0, 0.1) is 0 Å². The molecular formula is C7H12O2. The highest BCUT2D eigenvalue weighted by Gasteiger charge is 1.90. The van der Waals surface area contributed by atoms with Gasteiger partial charge in [-0.2, -0.15) is 0 Å². The summed E-state index contributed by atoms with van der Waals surface area (Å²) in [6.45, 7) is 5.66. The quantitative estimate of drug-likeness (QED) is 0.416. The molecule has 0 unspecified atom stereocenters. The van der Waals surface area contributed by atoms with Crippen molar-refractivity contribution >= 4 is 5.97 Å². The fourth-order valence-corrected chi connectivity index (χ4v) is 0.299. The number of allylic oxidation sites excluding steroid dienone is 1. The van der Waals surface area contributed by atoms with Crippen LogP contribution in [-0.2, 0) is 9.53 Å². The molecule has 0 aliphatic carbocycles. The van der Waals surface area contributed by atoms with Crippen molar-refractivity contribution in [2.45, 2.75) is 20.8 Å². The molecule has 0 bridgehead atoms. The zero-order chi connectivity index (χ0) is 7.28. The summed E-state index contributed by atoms with van der Waals surface area (Å²) in [6, 6.07) is 0. The van der Waals surface area contributed by atoms with Crippen molar-refractivity contribution in [3.8, 4) is 0 Å². The van der Waals surface area contributed by atoms with Crippen LogP contribution in [0.4, 0.5) is 0 Å². The van der Waals surface area contributed by atoms with E-state index in [1.54, 1.807) is 0 Å². The van der Waals surface area contributed by atoms with Crippen LogP contribution in [0.5, 0.6) is 0 Å². The first-order valence-corrected chi connectivity index (χ1v) is 2.92. The number of esters is 1. The number of rotatable bonds is 2. The van der Waals surface area contributed by atoms with Gasteiger partial charge >= 0.3 is 5.97 Å². The average Bonchev–Trinajstić information content (AvgIpc) is 1.83. The molecule has 0 heterocycles. The summed E-state index contributed by atoms with van der Waals surface area (Å²) in [6.07, 6.45) is 1.92. The molecule has 0 saturated carbocycles. The van der Waals surface area contributed by atoms with E-state index in [0.717, 1.165) is 5.57 Å². The molecule has 2 nitrogen and oxygen atoms in total. The fraction of sp³-hybridized carbons (Fsp3) is 0.571. The van der Waals surface area contributed by atoms with Crippen LogP contribution in [0.2, 0.25) is 0 Å². The van der Waals surface area contributed by atoms with Crippen LogP contribution in [0.25, 0.3) is 0 Å². The number of ether oxygens (including phenoxy) is 1. The predicted molar refractivity (Wildman–Crippen MR) is 36.1 cm³/mol. The second-order valence-electron chi connectivity index (χ2n) is 1.92. The van der Waals surface area contributed by atoms with Crippen molar-refractivity contribution in [3.63, 3.8) is 0 Å². The Bertz CT molecular complexity index is 125. The van der Waals surface area contributed by atoms with Crippen molar-refractivity contribution in [3.05, 3.63) is 11.6 Å². The normalized spacial score (nSPS) is 11.2. The molecule has 0 radical (unpaired) electrons. The molecule has 0 aliphatic rings. The first-order valence-electron chi connectivity index (χ1n) is 2.92. The van der Waals surface area contributed by atoms with E-state index in [0.29, 0.717) is 6.61 Å². The van der Waals surface area contributed by atoms with Gasteiger partial charge in [-0.1, -0.05) is 6.08 Å². The summed E-state index contributed by atoms with van der Waals surface area (Å²) < 4.78 is 4.69. The van der Waals surface area contributed by atoms with Crippen LogP contribution in [0.15, 0.2) is 11.6 Å². The Morgan fingerprint density at radius 1 is 1.56 bits per heavy atom. The maximum Gasteiger partial charge on any atom is 0.302 e. The summed E-state index contributed by atoms with van der Waals surface area (Å²) in [7, 11) is 0. The smallest absolute Gasteiger partial charge is 0.302 e. The summed E-state index contributed by atoms with van der Waals surface area (Å²) in [5, 5.41) is 0. The first kappa shape index (κ1) is 8.21. The van der Waals surface area contributed by atoms with E-state index < -0.39 is 0 Å². The maximum atomic E-state index is 10.2. The van der Waals surface area contributed by atoms with E-state index in [9.17, 15) is 4.79 Å². The Morgan fingerprint density at radius 2 is 2.11 bits per heavy atom. The molecule has 0 N–H and O–H groups in total. The Balaban J connectivity index is 3.39. The van der Waals surface area contributed by atoms with Gasteiger partial charge in [0.1, 0.15) is 6.61 Å². The lowest BCUT2D eigenvalue weighted by atomic mass is 10.3. The van der Waals surface area contributed by atoms with Gasteiger partial charge in [0, 0.05) is 6.92 Å². The Hall–Kier alpha value is -0.790. The lowest BCUT2D eigenvalue weighted by Crippen LogP contribution is -2.00. The zero-order valence-electron chi connectivity index (χ0n) is 6.10. The molecule has 0 rings (SSSR count). The van der Waals surface area contributed by atoms with Gasteiger partial charge in [-0.25, -0.2) is 0 Å². The van der Waals surface area contributed by atoms with Crippen LogP contribution >= 0.6 is 0 Å². The van der Waals surface area contributed by atoms with Gasteiger partial charge in [0.05, 0.1) is 0 Å². The predicted octanol–water partition coefficient (Wildman–Crippen LogP) is 1.52. The molecule has 0 spiro atoms. The van der Waals surface area contributed by atoms with Crippen molar-refractivity contribution in [2.24, 2.45) is 0 Å². The zero-order valence-corrected chi connectivity index (χ0v) is 6.10. The van der Waals surface area contributed by atoms with Gasteiger partial charge in [-0.05, 0) is 19.4 Å². The molecule has 0 aromatic carbocycles. The Morgan fingerprint density at radius 3 is 2.44 bits per heavy atom. The minimum absolute atomic E-state index is 0.226. The highest BCUT2D eigenvalue weighted by molar-refractivity contribution is 5.66. The van der Waals surface area contributed by atoms with Gasteiger partial charge in [0.2, 0.25) is 0 Å². The van der Waals surface area contributed by atoms with Crippen LogP contribution < -0.4 is 0 Å². The highest BCUT2D eigenvalue weighted by atomic mass is 16.5. The lowest BCUT2D eigenvalue weighted by Gasteiger charge is -1.98. The van der Waals surface area contributed by atoms with Gasteiger partial charge in [0.25, 0.3) is 0 Å². The van der Waals surface area contributed by atoms with E-state index in [1.165, 1.54) is 6.92 Å². The van der Waals surface area contributed by atoms with Crippen molar-refractivity contribution < 1.29 is 9.53 Å². The van der Waals surface area contributed by atoms with Crippen LogP contribution in [0.3, 0.4) is 0 Å². The molecule has 52 valence electrons. The molecule has 9 heavy (non-hydrogen) atoms. The van der Waals surface area contributed by atoms with E-state index in [1.807, 2.05) is 19.9 Å². The van der Waals surface area contributed by atoms with Gasteiger partial charge in [-0.15, -0.1) is 0 Å². The summed E-state index contributed by atoms with van der Waals surface area (Å²) in [5.74, 6) is -0.226. The molecule has 0 saturated heterocycles. The molecule has 0 aromatic rings. The minimum atomic E-state index is -0.226. The van der Waals surface area contributed by atoms with Crippen molar-refractivity contribution in [1.82, 2.24) is 0 Å². The van der Waals surface area contributed by atoms with E-state index in [4.69, 9.17) is 0 Å². The number of hydrogen-bond acceptors (Lipinski definition) is 2. The Kier molecular flexibility index (Phi) is 3.76. The van der Waals surface area contributed by atoms with E-state index >= 15 is 0 Å². The molecule has 0 amide bonds. The number of hydrogen-bond donors (Lipinski definition) is 0. The van der Waals surface area contributed by atoms with E-state index in [2.05, 4.69) is 4.74 Å². The Labute approximate surface area is 55.5 Å². The third kappa shape index (κ3) is 5.07. The summed E-state index contributed by atoms with van der Waals surface area (Å²) >= 11 is 0. The summed E-state index contributed by atoms with van der Waals surface area (Å²) in [5.41, 5.74) is 1.07. The molecule has 2 heteroatoms. The molecule has 0 aliphatic heterocycles. The highest BCUT2D eigenvalue weighted by Crippen LogP contribution is 1.91. The van der Waals surface area contributed by atoms with Gasteiger partial charge < -0.3 is 4.74 Å². The van der Waals surface area contributed by atoms with Crippen LogP contribution in [0.1, 0.15) is 20.8 Å². The third-order valence-electron chi connectivity index (χ3n) is 0.996. The van der Waals surface area contributed by atoms with Gasteiger partial charge in [-0.3, -0.25) is 4.79 Å². The SMILES string of the molecule is C/C=C(/C)COC(C)=O. The fourth-order valence-electron chi connectivity index (χ4n) is 0.299. The number of carbonyl (C=O) groups excluding carboxylic acids is 1. The van der Waals surface area contributed by atoms with Crippen molar-refractivity contribution in [1.29, 1.82) is 0 Å². The monoisotopic (exact) mass is 128 g/mol. The maximum absolute atomic E-state index is 10.2. The lowest BCUT2D eigenvalue weighted by molar-refractivity contribution is -0.139. The van der Waals surface area contributed by atoms with Gasteiger partial charge in [0.15, 0.2) is 0 Å².